The van der Waals surface area contributed by atoms with Crippen molar-refractivity contribution in [2.75, 3.05) is 0 Å². The van der Waals surface area contributed by atoms with Crippen LogP contribution in [0.25, 0.3) is 0 Å². The van der Waals surface area contributed by atoms with Crippen molar-refractivity contribution in [1.29, 1.82) is 0 Å². The lowest BCUT2D eigenvalue weighted by Gasteiger charge is -2.16. The Balaban J connectivity index is 2.19. The van der Waals surface area contributed by atoms with Crippen LogP contribution in [0.1, 0.15) is 15.9 Å². The minimum Gasteiger partial charge on any atom is -0.480 e. The normalized spacial score (nSPS) is 11.8. The predicted octanol–water partition coefficient (Wildman–Crippen LogP) is 3.70. The highest BCUT2D eigenvalue weighted by Crippen LogP contribution is 2.22. The van der Waals surface area contributed by atoms with E-state index in [2.05, 4.69) is 5.32 Å². The first kappa shape index (κ1) is 18.2. The molecule has 8 heteroatoms. The van der Waals surface area contributed by atoms with Crippen LogP contribution in [-0.2, 0) is 11.2 Å². The number of benzene rings is 2. The molecule has 0 bridgehead atoms. The van der Waals surface area contributed by atoms with Crippen LogP contribution < -0.4 is 5.32 Å². The molecule has 4 nitrogen and oxygen atoms in total. The zero-order valence-corrected chi connectivity index (χ0v) is 13.5. The number of aliphatic carboxylic acids is 1. The summed E-state index contributed by atoms with van der Waals surface area (Å²) >= 11 is 11.8. The molecular formula is C16H11Cl2F2NO3. The average Bonchev–Trinajstić information content (AvgIpc) is 2.48. The topological polar surface area (TPSA) is 66.4 Å². The monoisotopic (exact) mass is 373 g/mol. The second kappa shape index (κ2) is 7.59. The third-order valence-corrected chi connectivity index (χ3v) is 3.81. The van der Waals surface area contributed by atoms with Gasteiger partial charge >= 0.3 is 5.97 Å². The van der Waals surface area contributed by atoms with Crippen molar-refractivity contribution in [2.24, 2.45) is 0 Å². The first-order valence-electron chi connectivity index (χ1n) is 6.70. The second-order valence-corrected chi connectivity index (χ2v) is 5.77. The van der Waals surface area contributed by atoms with E-state index in [-0.39, 0.29) is 11.4 Å². The van der Waals surface area contributed by atoms with E-state index in [4.69, 9.17) is 23.2 Å². The summed E-state index contributed by atoms with van der Waals surface area (Å²) in [6, 6.07) is 5.55. The van der Waals surface area contributed by atoms with E-state index in [1.54, 1.807) is 0 Å². The van der Waals surface area contributed by atoms with Crippen molar-refractivity contribution in [3.8, 4) is 0 Å². The molecule has 0 aliphatic carbocycles. The number of nitrogens with one attached hydrogen (secondary N) is 1. The van der Waals surface area contributed by atoms with Crippen LogP contribution in [0, 0.1) is 11.6 Å². The smallest absolute Gasteiger partial charge is 0.326 e. The number of carbonyl (C=O) groups is 2. The summed E-state index contributed by atoms with van der Waals surface area (Å²) in [7, 11) is 0. The molecule has 0 aromatic heterocycles. The van der Waals surface area contributed by atoms with Gasteiger partial charge in [-0.15, -0.1) is 0 Å². The number of halogens is 4. The molecule has 24 heavy (non-hydrogen) atoms. The first-order valence-corrected chi connectivity index (χ1v) is 7.46. The molecule has 0 aliphatic rings. The Morgan fingerprint density at radius 3 is 2.42 bits per heavy atom. The van der Waals surface area contributed by atoms with Gasteiger partial charge in [-0.3, -0.25) is 4.79 Å². The van der Waals surface area contributed by atoms with E-state index in [1.807, 2.05) is 0 Å². The summed E-state index contributed by atoms with van der Waals surface area (Å²) in [6.45, 7) is 0. The molecule has 1 atom stereocenters. The highest BCUT2D eigenvalue weighted by Gasteiger charge is 2.23. The summed E-state index contributed by atoms with van der Waals surface area (Å²) in [4.78, 5) is 23.4. The van der Waals surface area contributed by atoms with Crippen LogP contribution in [0.4, 0.5) is 8.78 Å². The van der Waals surface area contributed by atoms with Crippen molar-refractivity contribution in [2.45, 2.75) is 12.5 Å². The molecule has 0 fully saturated rings. The largest absolute Gasteiger partial charge is 0.480 e. The summed E-state index contributed by atoms with van der Waals surface area (Å²) in [5.74, 6) is -4.21. The Kier molecular flexibility index (Phi) is 5.75. The van der Waals surface area contributed by atoms with Gasteiger partial charge in [-0.05, 0) is 29.8 Å². The Morgan fingerprint density at radius 1 is 1.12 bits per heavy atom. The maximum Gasteiger partial charge on any atom is 0.326 e. The van der Waals surface area contributed by atoms with Crippen molar-refractivity contribution in [1.82, 2.24) is 5.32 Å². The fraction of sp³-hybridized carbons (Fsp3) is 0.125. The molecular weight excluding hydrogens is 363 g/mol. The molecule has 0 saturated carbocycles. The third kappa shape index (κ3) is 4.43. The van der Waals surface area contributed by atoms with Crippen LogP contribution in [0.2, 0.25) is 10.0 Å². The van der Waals surface area contributed by atoms with Gasteiger partial charge < -0.3 is 10.4 Å². The van der Waals surface area contributed by atoms with Gasteiger partial charge in [0.15, 0.2) is 0 Å². The molecule has 1 amide bonds. The quantitative estimate of drug-likeness (QED) is 0.839. The SMILES string of the molecule is O=C(N[C@@H](Cc1ccc(Cl)cc1Cl)C(=O)O)c1ccc(F)cc1F. The Morgan fingerprint density at radius 2 is 1.83 bits per heavy atom. The molecule has 0 heterocycles. The van der Waals surface area contributed by atoms with E-state index in [0.29, 0.717) is 16.7 Å². The fourth-order valence-electron chi connectivity index (χ4n) is 2.02. The molecule has 126 valence electrons. The maximum atomic E-state index is 13.6. The molecule has 2 rings (SSSR count). The number of carboxylic acid groups (broad SMARTS) is 1. The van der Waals surface area contributed by atoms with E-state index in [9.17, 15) is 23.5 Å². The number of hydrogen-bond donors (Lipinski definition) is 2. The van der Waals surface area contributed by atoms with E-state index in [1.165, 1.54) is 18.2 Å². The Hall–Kier alpha value is -2.18. The van der Waals surface area contributed by atoms with Crippen molar-refractivity contribution >= 4 is 35.1 Å². The van der Waals surface area contributed by atoms with Crippen LogP contribution in [0.5, 0.6) is 0 Å². The van der Waals surface area contributed by atoms with Gasteiger partial charge in [-0.2, -0.15) is 0 Å². The van der Waals surface area contributed by atoms with Crippen LogP contribution in [-0.4, -0.2) is 23.0 Å². The summed E-state index contributed by atoms with van der Waals surface area (Å²) in [5, 5.41) is 12.1. The number of carbonyl (C=O) groups excluding carboxylic acids is 1. The van der Waals surface area contributed by atoms with Gasteiger partial charge in [0, 0.05) is 22.5 Å². The van der Waals surface area contributed by atoms with E-state index in [0.717, 1.165) is 12.1 Å². The summed E-state index contributed by atoms with van der Waals surface area (Å²) in [6.07, 6.45) is -0.125. The molecule has 0 aliphatic heterocycles. The molecule has 2 N–H and O–H groups in total. The predicted molar refractivity (Wildman–Crippen MR) is 85.4 cm³/mol. The standard InChI is InChI=1S/C16H11Cl2F2NO3/c17-9-2-1-8(12(18)6-9)5-14(16(23)24)21-15(22)11-4-3-10(19)7-13(11)20/h1-4,6-7,14H,5H2,(H,21,22)(H,23,24)/t14-/m0/s1. The third-order valence-electron chi connectivity index (χ3n) is 3.22. The van der Waals surface area contributed by atoms with Gasteiger partial charge in [-0.1, -0.05) is 29.3 Å². The van der Waals surface area contributed by atoms with Crippen molar-refractivity contribution in [3.63, 3.8) is 0 Å². The maximum absolute atomic E-state index is 13.6. The average molecular weight is 374 g/mol. The zero-order chi connectivity index (χ0) is 17.9. The molecule has 0 spiro atoms. The van der Waals surface area contributed by atoms with Gasteiger partial charge in [0.25, 0.3) is 5.91 Å². The van der Waals surface area contributed by atoms with Crippen LogP contribution in [0.15, 0.2) is 36.4 Å². The minimum absolute atomic E-state index is 0.125. The Labute approximate surface area is 146 Å². The molecule has 0 radical (unpaired) electrons. The summed E-state index contributed by atoms with van der Waals surface area (Å²) < 4.78 is 26.5. The van der Waals surface area contributed by atoms with E-state index < -0.39 is 35.1 Å². The van der Waals surface area contributed by atoms with Crippen molar-refractivity contribution in [3.05, 3.63) is 69.2 Å². The second-order valence-electron chi connectivity index (χ2n) is 4.93. The highest BCUT2D eigenvalue weighted by molar-refractivity contribution is 6.35. The lowest BCUT2D eigenvalue weighted by Crippen LogP contribution is -2.42. The van der Waals surface area contributed by atoms with Crippen LogP contribution in [0.3, 0.4) is 0 Å². The van der Waals surface area contributed by atoms with Gasteiger partial charge in [0.05, 0.1) is 5.56 Å². The molecule has 2 aromatic rings. The van der Waals surface area contributed by atoms with Gasteiger partial charge in [0.1, 0.15) is 17.7 Å². The number of amides is 1. The zero-order valence-electron chi connectivity index (χ0n) is 12.0. The van der Waals surface area contributed by atoms with E-state index >= 15 is 0 Å². The minimum atomic E-state index is -1.35. The number of rotatable bonds is 5. The summed E-state index contributed by atoms with van der Waals surface area (Å²) in [5.41, 5.74) is -0.00167. The number of carboxylic acids is 1. The fourth-order valence-corrected chi connectivity index (χ4v) is 2.50. The first-order chi connectivity index (χ1) is 11.3. The molecule has 0 saturated heterocycles. The lowest BCUT2D eigenvalue weighted by molar-refractivity contribution is -0.139. The Bertz CT molecular complexity index is 799. The lowest BCUT2D eigenvalue weighted by atomic mass is 10.1. The van der Waals surface area contributed by atoms with Crippen LogP contribution >= 0.6 is 23.2 Å². The van der Waals surface area contributed by atoms with Gasteiger partial charge in [-0.25, -0.2) is 13.6 Å². The molecule has 0 unspecified atom stereocenters. The van der Waals surface area contributed by atoms with Crippen molar-refractivity contribution < 1.29 is 23.5 Å². The highest BCUT2D eigenvalue weighted by atomic mass is 35.5. The van der Waals surface area contributed by atoms with Gasteiger partial charge in [0.2, 0.25) is 0 Å². The molecule has 2 aromatic carbocycles. The number of hydrogen-bond acceptors (Lipinski definition) is 2.